The molecular formula is C20H45NbO5. The molecule has 0 aliphatic carbocycles. The van der Waals surface area contributed by atoms with Crippen LogP contribution < -0.4 is 25.5 Å². The molecule has 0 rings (SSSR count). The normalized spacial score (nSPS) is 8.08. The first-order valence-electron chi connectivity index (χ1n) is 9.98. The number of hydrogen-bond donors (Lipinski definition) is 0. The molecule has 0 heterocycles. The van der Waals surface area contributed by atoms with Gasteiger partial charge in [-0.2, -0.15) is 0 Å². The van der Waals surface area contributed by atoms with Crippen LogP contribution >= 0.6 is 0 Å². The third-order valence-corrected chi connectivity index (χ3v) is 2.49. The van der Waals surface area contributed by atoms with Crippen molar-refractivity contribution in [2.75, 3.05) is 33.0 Å². The SMILES string of the molecule is CCCC[O-].CCCC[O-].CCCC[O-].CCCC[O-].CCCC[O-].[Nb+5]. The summed E-state index contributed by atoms with van der Waals surface area (Å²) in [5, 5.41) is 47.6. The molecule has 0 aromatic rings. The number of unbranched alkanes of at least 4 members (excludes halogenated alkanes) is 5. The van der Waals surface area contributed by atoms with Crippen molar-refractivity contribution in [3.05, 3.63) is 0 Å². The van der Waals surface area contributed by atoms with Crippen molar-refractivity contribution >= 4 is 0 Å². The fourth-order valence-electron chi connectivity index (χ4n) is 0.722. The molecule has 0 fully saturated rings. The summed E-state index contributed by atoms with van der Waals surface area (Å²) < 4.78 is 0. The Balaban J connectivity index is -0.0000000476. The van der Waals surface area contributed by atoms with Gasteiger partial charge in [0.1, 0.15) is 0 Å². The zero-order chi connectivity index (χ0) is 20.6. The van der Waals surface area contributed by atoms with Crippen molar-refractivity contribution in [1.82, 2.24) is 0 Å². The molecule has 0 aliphatic heterocycles. The second-order valence-corrected chi connectivity index (χ2v) is 5.29. The first-order chi connectivity index (χ1) is 12.1. The van der Waals surface area contributed by atoms with Crippen LogP contribution in [0.25, 0.3) is 0 Å². The van der Waals surface area contributed by atoms with Crippen molar-refractivity contribution in [2.45, 2.75) is 98.8 Å². The van der Waals surface area contributed by atoms with Crippen LogP contribution in [0.1, 0.15) is 98.8 Å². The Morgan fingerprint density at radius 2 is 0.462 bits per heavy atom. The van der Waals surface area contributed by atoms with E-state index in [9.17, 15) is 25.5 Å². The standard InChI is InChI=1S/5C4H9O.Nb/c5*1-2-3-4-5;/h5*2-4H2,1H3;/q5*-1;+5. The predicted octanol–water partition coefficient (Wildman–Crippen LogP) is 0.732. The molecule has 0 radical (unpaired) electrons. The average molecular weight is 458 g/mol. The molecule has 0 saturated carbocycles. The van der Waals surface area contributed by atoms with Gasteiger partial charge in [0, 0.05) is 0 Å². The van der Waals surface area contributed by atoms with Crippen molar-refractivity contribution in [1.29, 1.82) is 0 Å². The smallest absolute Gasteiger partial charge is 0.854 e. The Bertz CT molecular complexity index is 96.5. The predicted molar refractivity (Wildman–Crippen MR) is 98.9 cm³/mol. The van der Waals surface area contributed by atoms with Crippen LogP contribution in [0.2, 0.25) is 0 Å². The quantitative estimate of drug-likeness (QED) is 0.448. The Hall–Kier alpha value is 0.540. The second-order valence-electron chi connectivity index (χ2n) is 5.29. The summed E-state index contributed by atoms with van der Waals surface area (Å²) in [6, 6.07) is 0. The van der Waals surface area contributed by atoms with E-state index in [1.165, 1.54) is 0 Å². The van der Waals surface area contributed by atoms with Gasteiger partial charge in [-0.05, 0) is 0 Å². The first-order valence-corrected chi connectivity index (χ1v) is 9.98. The van der Waals surface area contributed by atoms with Gasteiger partial charge in [-0.3, -0.25) is 0 Å². The van der Waals surface area contributed by atoms with E-state index < -0.39 is 0 Å². The van der Waals surface area contributed by atoms with E-state index in [1.807, 2.05) is 34.6 Å². The maximum atomic E-state index is 9.53. The van der Waals surface area contributed by atoms with Crippen molar-refractivity contribution in [3.63, 3.8) is 0 Å². The van der Waals surface area contributed by atoms with Gasteiger partial charge in [0.25, 0.3) is 0 Å². The van der Waals surface area contributed by atoms with Gasteiger partial charge in [0.2, 0.25) is 0 Å². The zero-order valence-corrected chi connectivity index (χ0v) is 20.3. The van der Waals surface area contributed by atoms with Crippen LogP contribution in [-0.4, -0.2) is 33.0 Å². The Labute approximate surface area is 179 Å². The average Bonchev–Trinajstić information content (AvgIpc) is 2.61. The molecule has 0 spiro atoms. The summed E-state index contributed by atoms with van der Waals surface area (Å²) in [7, 11) is 0. The summed E-state index contributed by atoms with van der Waals surface area (Å²) >= 11 is 0. The van der Waals surface area contributed by atoms with E-state index in [1.54, 1.807) is 0 Å². The number of hydrogen-bond acceptors (Lipinski definition) is 5. The molecule has 0 bridgehead atoms. The van der Waals surface area contributed by atoms with Crippen molar-refractivity contribution < 1.29 is 47.9 Å². The van der Waals surface area contributed by atoms with Gasteiger partial charge in [-0.25, -0.2) is 0 Å². The van der Waals surface area contributed by atoms with Gasteiger partial charge in [-0.15, -0.1) is 33.0 Å². The van der Waals surface area contributed by atoms with Crippen molar-refractivity contribution in [2.24, 2.45) is 0 Å². The maximum Gasteiger partial charge on any atom is 5.00 e. The molecule has 160 valence electrons. The molecule has 0 atom stereocenters. The van der Waals surface area contributed by atoms with Crippen molar-refractivity contribution in [3.8, 4) is 0 Å². The van der Waals surface area contributed by atoms with Gasteiger partial charge < -0.3 is 25.5 Å². The second kappa shape index (κ2) is 63.7. The molecule has 6 heteroatoms. The summed E-state index contributed by atoms with van der Waals surface area (Å²) in [5.74, 6) is 0. The molecule has 26 heavy (non-hydrogen) atoms. The van der Waals surface area contributed by atoms with Crippen LogP contribution in [-0.2, 0) is 22.4 Å². The van der Waals surface area contributed by atoms with Crippen LogP contribution in [0, 0.1) is 0 Å². The van der Waals surface area contributed by atoms with E-state index in [0.29, 0.717) is 0 Å². The van der Waals surface area contributed by atoms with E-state index in [-0.39, 0.29) is 55.4 Å². The van der Waals surface area contributed by atoms with Gasteiger partial charge in [0.15, 0.2) is 0 Å². The Morgan fingerprint density at radius 1 is 0.346 bits per heavy atom. The summed E-state index contributed by atoms with van der Waals surface area (Å²) in [5.41, 5.74) is 0. The van der Waals surface area contributed by atoms with Gasteiger partial charge in [0.05, 0.1) is 0 Å². The zero-order valence-electron chi connectivity index (χ0n) is 18.1. The van der Waals surface area contributed by atoms with E-state index in [2.05, 4.69) is 0 Å². The summed E-state index contributed by atoms with van der Waals surface area (Å²) in [6.45, 7) is 10.5. The van der Waals surface area contributed by atoms with Crippen LogP contribution in [0.5, 0.6) is 0 Å². The molecule has 0 unspecified atom stereocenters. The molecule has 0 amide bonds. The van der Waals surface area contributed by atoms with Crippen LogP contribution in [0.4, 0.5) is 0 Å². The number of rotatable bonds is 10. The third kappa shape index (κ3) is 122. The van der Waals surface area contributed by atoms with Crippen LogP contribution in [0.3, 0.4) is 0 Å². The largest absolute Gasteiger partial charge is 5.00 e. The van der Waals surface area contributed by atoms with E-state index >= 15 is 0 Å². The van der Waals surface area contributed by atoms with Gasteiger partial charge >= 0.3 is 22.4 Å². The molecule has 5 nitrogen and oxygen atoms in total. The minimum Gasteiger partial charge on any atom is -0.854 e. The molecule has 0 aromatic heterocycles. The molecule has 0 N–H and O–H groups in total. The molecule has 0 aromatic carbocycles. The molecule has 0 aliphatic rings. The molecule has 0 saturated heterocycles. The fraction of sp³-hybridized carbons (Fsp3) is 1.00. The minimum atomic E-state index is 0. The Morgan fingerprint density at radius 3 is 0.462 bits per heavy atom. The van der Waals surface area contributed by atoms with Gasteiger partial charge in [-0.1, -0.05) is 98.8 Å². The Kier molecular flexibility index (Phi) is 101. The topological polar surface area (TPSA) is 115 Å². The van der Waals surface area contributed by atoms with Crippen LogP contribution in [0.15, 0.2) is 0 Å². The monoisotopic (exact) mass is 458 g/mol. The summed E-state index contributed by atoms with van der Waals surface area (Å²) in [6.07, 6.45) is 9.32. The van der Waals surface area contributed by atoms with E-state index in [0.717, 1.165) is 64.2 Å². The third-order valence-electron chi connectivity index (χ3n) is 2.49. The van der Waals surface area contributed by atoms with E-state index in [4.69, 9.17) is 0 Å². The fourth-order valence-corrected chi connectivity index (χ4v) is 0.722. The maximum absolute atomic E-state index is 9.53. The first kappa shape index (κ1) is 41.0. The summed E-state index contributed by atoms with van der Waals surface area (Å²) in [4.78, 5) is 0. The minimum absolute atomic E-state index is 0. The molecular weight excluding hydrogens is 413 g/mol.